The average Bonchev–Trinajstić information content (AvgIpc) is 3.21. The molecule has 3 rings (SSSR count). The zero-order valence-electron chi connectivity index (χ0n) is 14.9. The van der Waals surface area contributed by atoms with Gasteiger partial charge in [-0.25, -0.2) is 4.98 Å². The molecular weight excluding hydrogens is 316 g/mol. The van der Waals surface area contributed by atoms with E-state index in [1.807, 2.05) is 36.2 Å². The monoisotopic (exact) mass is 342 g/mol. The Kier molecular flexibility index (Phi) is 5.38. The van der Waals surface area contributed by atoms with E-state index in [0.29, 0.717) is 19.5 Å². The maximum absolute atomic E-state index is 12.5. The van der Waals surface area contributed by atoms with Crippen molar-refractivity contribution in [1.82, 2.24) is 14.5 Å². The molecule has 1 saturated heterocycles. The van der Waals surface area contributed by atoms with Crippen LogP contribution in [0.2, 0.25) is 0 Å². The Morgan fingerprint density at radius 2 is 2.24 bits per heavy atom. The van der Waals surface area contributed by atoms with Crippen molar-refractivity contribution in [2.75, 3.05) is 20.2 Å². The third kappa shape index (κ3) is 4.02. The van der Waals surface area contributed by atoms with Crippen LogP contribution in [0.1, 0.15) is 30.1 Å². The molecule has 1 aliphatic heterocycles. The molecule has 6 nitrogen and oxygen atoms in total. The Morgan fingerprint density at radius 3 is 2.96 bits per heavy atom. The van der Waals surface area contributed by atoms with Crippen LogP contribution >= 0.6 is 0 Å². The Balaban J connectivity index is 1.55. The van der Waals surface area contributed by atoms with Crippen molar-refractivity contribution in [3.63, 3.8) is 0 Å². The molecule has 25 heavy (non-hydrogen) atoms. The summed E-state index contributed by atoms with van der Waals surface area (Å²) in [5.74, 6) is 2.15. The number of hydrogen-bond acceptors (Lipinski definition) is 4. The Labute approximate surface area is 148 Å². The summed E-state index contributed by atoms with van der Waals surface area (Å²) in [5, 5.41) is 0. The minimum absolute atomic E-state index is 0.0352. The maximum Gasteiger partial charge on any atom is 0.222 e. The van der Waals surface area contributed by atoms with Crippen LogP contribution in [0.5, 0.6) is 5.75 Å². The van der Waals surface area contributed by atoms with Gasteiger partial charge in [0.15, 0.2) is 0 Å². The number of methoxy groups -OCH3 is 1. The van der Waals surface area contributed by atoms with Crippen molar-refractivity contribution < 1.29 is 9.53 Å². The van der Waals surface area contributed by atoms with Gasteiger partial charge in [0.05, 0.1) is 7.11 Å². The number of nitrogens with two attached hydrogens (primary N) is 1. The molecular formula is C19H26N4O2. The van der Waals surface area contributed by atoms with Gasteiger partial charge in [-0.15, -0.1) is 0 Å². The standard InChI is InChI=1S/C19H26N4O2/c1-14-21-8-10-22(14)9-4-7-19(24)23-12-17(18(20)13-23)15-5-3-6-16(11-15)25-2/h3,5-6,8,10-11,17-18H,4,7,9,12-13,20H2,1-2H3. The molecule has 2 N–H and O–H groups in total. The second kappa shape index (κ2) is 7.70. The van der Waals surface area contributed by atoms with E-state index in [0.717, 1.165) is 30.1 Å². The topological polar surface area (TPSA) is 73.4 Å². The predicted octanol–water partition coefficient (Wildman–Crippen LogP) is 1.93. The van der Waals surface area contributed by atoms with Crippen molar-refractivity contribution in [3.8, 4) is 5.75 Å². The molecule has 1 aliphatic rings. The third-order valence-electron chi connectivity index (χ3n) is 4.95. The molecule has 134 valence electrons. The summed E-state index contributed by atoms with van der Waals surface area (Å²) in [6, 6.07) is 7.93. The van der Waals surface area contributed by atoms with Crippen molar-refractivity contribution >= 4 is 5.91 Å². The van der Waals surface area contributed by atoms with Gasteiger partial charge in [0.1, 0.15) is 11.6 Å². The number of hydrogen-bond donors (Lipinski definition) is 1. The van der Waals surface area contributed by atoms with Crippen LogP contribution in [-0.4, -0.2) is 46.6 Å². The molecule has 1 amide bonds. The first-order valence-electron chi connectivity index (χ1n) is 8.73. The highest BCUT2D eigenvalue weighted by atomic mass is 16.5. The number of ether oxygens (including phenoxy) is 1. The molecule has 2 heterocycles. The van der Waals surface area contributed by atoms with E-state index >= 15 is 0 Å². The lowest BCUT2D eigenvalue weighted by atomic mass is 9.95. The minimum atomic E-state index is -0.0352. The van der Waals surface area contributed by atoms with E-state index in [4.69, 9.17) is 10.5 Å². The quantitative estimate of drug-likeness (QED) is 0.871. The van der Waals surface area contributed by atoms with Gasteiger partial charge in [-0.2, -0.15) is 0 Å². The molecule has 0 radical (unpaired) electrons. The van der Waals surface area contributed by atoms with E-state index < -0.39 is 0 Å². The molecule has 2 atom stereocenters. The Hall–Kier alpha value is -2.34. The minimum Gasteiger partial charge on any atom is -0.497 e. The maximum atomic E-state index is 12.5. The van der Waals surface area contributed by atoms with Gasteiger partial charge in [-0.3, -0.25) is 4.79 Å². The number of carbonyl (C=O) groups is 1. The normalized spacial score (nSPS) is 20.0. The Morgan fingerprint density at radius 1 is 1.40 bits per heavy atom. The van der Waals surface area contributed by atoms with Gasteiger partial charge in [-0.1, -0.05) is 12.1 Å². The zero-order chi connectivity index (χ0) is 17.8. The highest BCUT2D eigenvalue weighted by molar-refractivity contribution is 5.76. The summed E-state index contributed by atoms with van der Waals surface area (Å²) in [6.07, 6.45) is 5.08. The van der Waals surface area contributed by atoms with E-state index in [9.17, 15) is 4.79 Å². The zero-order valence-corrected chi connectivity index (χ0v) is 14.9. The number of amides is 1. The fraction of sp³-hybridized carbons (Fsp3) is 0.474. The number of imidazole rings is 1. The lowest BCUT2D eigenvalue weighted by Gasteiger charge is -2.17. The SMILES string of the molecule is COc1cccc(C2CN(C(=O)CCCn3ccnc3C)CC2N)c1. The largest absolute Gasteiger partial charge is 0.497 e. The van der Waals surface area contributed by atoms with E-state index in [-0.39, 0.29) is 17.9 Å². The molecule has 1 aromatic heterocycles. The number of benzene rings is 1. The number of rotatable bonds is 6. The molecule has 1 aromatic carbocycles. The third-order valence-corrected chi connectivity index (χ3v) is 4.95. The molecule has 2 unspecified atom stereocenters. The van der Waals surface area contributed by atoms with Gasteiger partial charge >= 0.3 is 0 Å². The van der Waals surface area contributed by atoms with Gasteiger partial charge < -0.3 is 19.9 Å². The van der Waals surface area contributed by atoms with Crippen molar-refractivity contribution in [1.29, 1.82) is 0 Å². The van der Waals surface area contributed by atoms with Crippen LogP contribution in [-0.2, 0) is 11.3 Å². The van der Waals surface area contributed by atoms with Crippen molar-refractivity contribution in [2.24, 2.45) is 5.73 Å². The number of aromatic nitrogens is 2. The molecule has 0 bridgehead atoms. The fourth-order valence-electron chi connectivity index (χ4n) is 3.46. The average molecular weight is 342 g/mol. The first kappa shape index (κ1) is 17.5. The predicted molar refractivity (Wildman–Crippen MR) is 96.5 cm³/mol. The van der Waals surface area contributed by atoms with Gasteiger partial charge in [0, 0.05) is 50.4 Å². The molecule has 0 saturated carbocycles. The van der Waals surface area contributed by atoms with Crippen LogP contribution < -0.4 is 10.5 Å². The summed E-state index contributed by atoms with van der Waals surface area (Å²) >= 11 is 0. The van der Waals surface area contributed by atoms with E-state index in [1.54, 1.807) is 13.3 Å². The highest BCUT2D eigenvalue weighted by Gasteiger charge is 2.33. The molecule has 0 aliphatic carbocycles. The summed E-state index contributed by atoms with van der Waals surface area (Å²) in [4.78, 5) is 18.6. The first-order valence-corrected chi connectivity index (χ1v) is 8.73. The smallest absolute Gasteiger partial charge is 0.222 e. The van der Waals surface area contributed by atoms with Crippen molar-refractivity contribution in [2.45, 2.75) is 38.3 Å². The van der Waals surface area contributed by atoms with Crippen LogP contribution in [0.15, 0.2) is 36.7 Å². The lowest BCUT2D eigenvalue weighted by molar-refractivity contribution is -0.130. The Bertz CT molecular complexity index is 728. The lowest BCUT2D eigenvalue weighted by Crippen LogP contribution is -2.32. The number of carbonyl (C=O) groups excluding carboxylic acids is 1. The van der Waals surface area contributed by atoms with Crippen LogP contribution in [0.3, 0.4) is 0 Å². The van der Waals surface area contributed by atoms with Gasteiger partial charge in [0.25, 0.3) is 0 Å². The van der Waals surface area contributed by atoms with E-state index in [2.05, 4.69) is 15.6 Å². The van der Waals surface area contributed by atoms with Crippen LogP contribution in [0.25, 0.3) is 0 Å². The van der Waals surface area contributed by atoms with E-state index in [1.165, 1.54) is 0 Å². The molecule has 6 heteroatoms. The first-order chi connectivity index (χ1) is 12.1. The molecule has 0 spiro atoms. The number of aryl methyl sites for hydroxylation is 2. The second-order valence-corrected chi connectivity index (χ2v) is 6.62. The molecule has 2 aromatic rings. The fourth-order valence-corrected chi connectivity index (χ4v) is 3.46. The summed E-state index contributed by atoms with van der Waals surface area (Å²) in [7, 11) is 1.66. The van der Waals surface area contributed by atoms with Crippen LogP contribution in [0, 0.1) is 6.92 Å². The highest BCUT2D eigenvalue weighted by Crippen LogP contribution is 2.29. The number of nitrogens with zero attached hydrogens (tertiary/aromatic N) is 3. The van der Waals surface area contributed by atoms with Gasteiger partial charge in [-0.05, 0) is 31.0 Å². The summed E-state index contributed by atoms with van der Waals surface area (Å²) in [5.41, 5.74) is 7.44. The summed E-state index contributed by atoms with van der Waals surface area (Å²) in [6.45, 7) is 4.08. The van der Waals surface area contributed by atoms with Gasteiger partial charge in [0.2, 0.25) is 5.91 Å². The molecule has 1 fully saturated rings. The van der Waals surface area contributed by atoms with Crippen molar-refractivity contribution in [3.05, 3.63) is 48.0 Å². The second-order valence-electron chi connectivity index (χ2n) is 6.62. The summed E-state index contributed by atoms with van der Waals surface area (Å²) < 4.78 is 7.36. The van der Waals surface area contributed by atoms with Crippen LogP contribution in [0.4, 0.5) is 0 Å². The number of likely N-dealkylation sites (tertiary alicyclic amines) is 1.